The molecule has 0 aromatic carbocycles. The van der Waals surface area contributed by atoms with Gasteiger partial charge < -0.3 is 21.3 Å². The van der Waals surface area contributed by atoms with Crippen LogP contribution in [-0.4, -0.2) is 51.6 Å². The second-order valence-corrected chi connectivity index (χ2v) is 6.22. The van der Waals surface area contributed by atoms with E-state index in [1.165, 1.54) is 6.20 Å². The number of nitrogens with zero attached hydrogens (tertiary/aromatic N) is 4. The predicted molar refractivity (Wildman–Crippen MR) is 102 cm³/mol. The number of nitrogens with one attached hydrogen (secondary N) is 4. The Labute approximate surface area is 166 Å². The number of hydrogen-bond acceptors (Lipinski definition) is 6. The molecule has 0 spiro atoms. The first-order chi connectivity index (χ1) is 12.5. The number of anilines is 1. The SMILES string of the molecule is CNC(=O)[C@@H]1C[C@@H](n2cc(CNC(=O)Nc3ccc(Cl)nc3)nn2)CN1.Cl. The summed E-state index contributed by atoms with van der Waals surface area (Å²) in [5.74, 6) is -0.0390. The molecule has 146 valence electrons. The van der Waals surface area contributed by atoms with E-state index in [-0.39, 0.29) is 43.0 Å². The Balaban J connectivity index is 0.00000261. The van der Waals surface area contributed by atoms with Crippen molar-refractivity contribution < 1.29 is 9.59 Å². The van der Waals surface area contributed by atoms with Crippen LogP contribution in [0, 0.1) is 0 Å². The van der Waals surface area contributed by atoms with Crippen LogP contribution in [0.15, 0.2) is 24.5 Å². The molecule has 2 aromatic rings. The zero-order valence-corrected chi connectivity index (χ0v) is 16.0. The van der Waals surface area contributed by atoms with Crippen LogP contribution in [0.3, 0.4) is 0 Å². The maximum atomic E-state index is 11.9. The minimum absolute atomic E-state index is 0. The van der Waals surface area contributed by atoms with E-state index < -0.39 is 0 Å². The van der Waals surface area contributed by atoms with Crippen molar-refractivity contribution in [3.8, 4) is 0 Å². The molecule has 3 amide bonds. The fraction of sp³-hybridized carbons (Fsp3) is 0.400. The van der Waals surface area contributed by atoms with Crippen LogP contribution in [0.1, 0.15) is 18.2 Å². The summed E-state index contributed by atoms with van der Waals surface area (Å²) in [7, 11) is 1.61. The van der Waals surface area contributed by atoms with Gasteiger partial charge in [-0.2, -0.15) is 0 Å². The highest BCUT2D eigenvalue weighted by Crippen LogP contribution is 2.19. The molecule has 0 radical (unpaired) electrons. The van der Waals surface area contributed by atoms with E-state index in [0.29, 0.717) is 29.5 Å². The van der Waals surface area contributed by atoms with Crippen molar-refractivity contribution in [3.05, 3.63) is 35.4 Å². The van der Waals surface area contributed by atoms with Gasteiger partial charge >= 0.3 is 6.03 Å². The van der Waals surface area contributed by atoms with Gasteiger partial charge in [-0.05, 0) is 18.6 Å². The fourth-order valence-corrected chi connectivity index (χ4v) is 2.77. The molecular formula is C15H20Cl2N8O2. The fourth-order valence-electron chi connectivity index (χ4n) is 2.66. The first-order valence-electron chi connectivity index (χ1n) is 8.07. The standard InChI is InChI=1S/C15H19ClN8O2.ClH/c1-17-14(25)12-4-11(7-18-12)24-8-10(22-23-24)6-20-15(26)21-9-2-3-13(16)19-5-9;/h2-3,5,8,11-12,18H,4,6-7H2,1H3,(H,17,25)(H2,20,21,26);1H/t11-,12+;/m1./s1. The van der Waals surface area contributed by atoms with Gasteiger partial charge in [0.2, 0.25) is 5.91 Å². The monoisotopic (exact) mass is 414 g/mol. The Hall–Kier alpha value is -2.43. The van der Waals surface area contributed by atoms with Gasteiger partial charge in [-0.25, -0.2) is 14.5 Å². The molecule has 2 aromatic heterocycles. The molecule has 0 bridgehead atoms. The summed E-state index contributed by atoms with van der Waals surface area (Å²) in [5, 5.41) is 19.6. The smallest absolute Gasteiger partial charge is 0.319 e. The maximum absolute atomic E-state index is 11.9. The van der Waals surface area contributed by atoms with Gasteiger partial charge in [-0.3, -0.25) is 4.79 Å². The second kappa shape index (κ2) is 9.49. The largest absolute Gasteiger partial charge is 0.358 e. The van der Waals surface area contributed by atoms with Crippen molar-refractivity contribution in [1.82, 2.24) is 35.9 Å². The van der Waals surface area contributed by atoms with Gasteiger partial charge in [0.25, 0.3) is 0 Å². The highest BCUT2D eigenvalue weighted by atomic mass is 35.5. The summed E-state index contributed by atoms with van der Waals surface area (Å²) >= 11 is 5.70. The number of hydrogen-bond donors (Lipinski definition) is 4. The summed E-state index contributed by atoms with van der Waals surface area (Å²) in [5.41, 5.74) is 1.16. The maximum Gasteiger partial charge on any atom is 0.319 e. The number of rotatable bonds is 5. The van der Waals surface area contributed by atoms with Crippen molar-refractivity contribution in [2.45, 2.75) is 25.0 Å². The molecule has 1 saturated heterocycles. The number of carbonyl (C=O) groups excluding carboxylic acids is 2. The van der Waals surface area contributed by atoms with Crippen molar-refractivity contribution in [2.24, 2.45) is 0 Å². The van der Waals surface area contributed by atoms with E-state index in [1.54, 1.807) is 30.1 Å². The Morgan fingerprint density at radius 2 is 2.22 bits per heavy atom. The van der Waals surface area contributed by atoms with Gasteiger partial charge in [0, 0.05) is 13.6 Å². The summed E-state index contributed by atoms with van der Waals surface area (Å²) in [6, 6.07) is 2.68. The Morgan fingerprint density at radius 1 is 1.41 bits per heavy atom. The van der Waals surface area contributed by atoms with Gasteiger partial charge in [0.05, 0.1) is 36.7 Å². The van der Waals surface area contributed by atoms with E-state index in [1.807, 2.05) is 0 Å². The highest BCUT2D eigenvalue weighted by molar-refractivity contribution is 6.29. The zero-order valence-electron chi connectivity index (χ0n) is 14.5. The van der Waals surface area contributed by atoms with Crippen LogP contribution >= 0.6 is 24.0 Å². The van der Waals surface area contributed by atoms with Crippen molar-refractivity contribution >= 4 is 41.6 Å². The van der Waals surface area contributed by atoms with Crippen LogP contribution < -0.4 is 21.3 Å². The lowest BCUT2D eigenvalue weighted by molar-refractivity contribution is -0.122. The molecule has 3 rings (SSSR count). The van der Waals surface area contributed by atoms with Gasteiger partial charge in [-0.15, -0.1) is 17.5 Å². The predicted octanol–water partition coefficient (Wildman–Crippen LogP) is 0.719. The van der Waals surface area contributed by atoms with E-state index in [9.17, 15) is 9.59 Å². The lowest BCUT2D eigenvalue weighted by atomic mass is 10.1. The van der Waals surface area contributed by atoms with E-state index in [0.717, 1.165) is 0 Å². The van der Waals surface area contributed by atoms with Crippen LogP contribution in [-0.2, 0) is 11.3 Å². The number of likely N-dealkylation sites (N-methyl/N-ethyl adjacent to an activating group) is 1. The normalized spacial score (nSPS) is 18.4. The third kappa shape index (κ3) is 5.52. The lowest BCUT2D eigenvalue weighted by Crippen LogP contribution is -2.38. The third-order valence-electron chi connectivity index (χ3n) is 4.02. The summed E-state index contributed by atoms with van der Waals surface area (Å²) in [4.78, 5) is 27.4. The Morgan fingerprint density at radius 3 is 2.93 bits per heavy atom. The number of aromatic nitrogens is 4. The number of amides is 3. The van der Waals surface area contributed by atoms with Crippen molar-refractivity contribution in [3.63, 3.8) is 0 Å². The van der Waals surface area contributed by atoms with E-state index >= 15 is 0 Å². The van der Waals surface area contributed by atoms with Gasteiger partial charge in [0.15, 0.2) is 0 Å². The zero-order chi connectivity index (χ0) is 18.5. The van der Waals surface area contributed by atoms with Crippen molar-refractivity contribution in [1.29, 1.82) is 0 Å². The summed E-state index contributed by atoms with van der Waals surface area (Å²) in [6.07, 6.45) is 3.87. The summed E-state index contributed by atoms with van der Waals surface area (Å²) < 4.78 is 1.72. The Bertz CT molecular complexity index is 782. The molecule has 1 aliphatic heterocycles. The molecule has 1 fully saturated rings. The highest BCUT2D eigenvalue weighted by Gasteiger charge is 2.30. The number of carbonyl (C=O) groups is 2. The molecule has 3 heterocycles. The van der Waals surface area contributed by atoms with Crippen LogP contribution in [0.2, 0.25) is 5.15 Å². The van der Waals surface area contributed by atoms with Crippen LogP contribution in [0.5, 0.6) is 0 Å². The molecule has 12 heteroatoms. The molecule has 0 unspecified atom stereocenters. The minimum Gasteiger partial charge on any atom is -0.358 e. The lowest BCUT2D eigenvalue weighted by Gasteiger charge is -2.09. The first-order valence-corrected chi connectivity index (χ1v) is 8.45. The average Bonchev–Trinajstić information content (AvgIpc) is 3.30. The van der Waals surface area contributed by atoms with Crippen LogP contribution in [0.4, 0.5) is 10.5 Å². The van der Waals surface area contributed by atoms with E-state index in [4.69, 9.17) is 11.6 Å². The molecule has 4 N–H and O–H groups in total. The molecule has 0 aliphatic carbocycles. The number of halogens is 2. The molecule has 27 heavy (non-hydrogen) atoms. The minimum atomic E-state index is -0.383. The average molecular weight is 415 g/mol. The molecule has 2 atom stereocenters. The molecule has 10 nitrogen and oxygen atoms in total. The first kappa shape index (κ1) is 20.9. The molecule has 0 saturated carbocycles. The summed E-state index contributed by atoms with van der Waals surface area (Å²) in [6.45, 7) is 0.865. The second-order valence-electron chi connectivity index (χ2n) is 5.83. The molecular weight excluding hydrogens is 395 g/mol. The quantitative estimate of drug-likeness (QED) is 0.534. The number of pyridine rings is 1. The van der Waals surface area contributed by atoms with Gasteiger partial charge in [-0.1, -0.05) is 16.8 Å². The van der Waals surface area contributed by atoms with E-state index in [2.05, 4.69) is 36.6 Å². The van der Waals surface area contributed by atoms with Crippen LogP contribution in [0.25, 0.3) is 0 Å². The third-order valence-corrected chi connectivity index (χ3v) is 4.24. The van der Waals surface area contributed by atoms with Crippen molar-refractivity contribution in [2.75, 3.05) is 18.9 Å². The van der Waals surface area contributed by atoms with Gasteiger partial charge in [0.1, 0.15) is 10.8 Å². The number of urea groups is 1. The topological polar surface area (TPSA) is 126 Å². The molecule has 1 aliphatic rings. The Kier molecular flexibility index (Phi) is 7.34.